The number of rotatable bonds is 6. The highest BCUT2D eigenvalue weighted by Crippen LogP contribution is 2.18. The lowest BCUT2D eigenvalue weighted by atomic mass is 10.1. The van der Waals surface area contributed by atoms with Crippen molar-refractivity contribution in [2.24, 2.45) is 0 Å². The van der Waals surface area contributed by atoms with Crippen molar-refractivity contribution in [3.8, 4) is 11.4 Å². The summed E-state index contributed by atoms with van der Waals surface area (Å²) in [5, 5.41) is 4.36. The van der Waals surface area contributed by atoms with E-state index in [1.54, 1.807) is 22.8 Å². The SMILES string of the molecule is Cc1ccc(OCC(=O)N(C)Cc2cnn(-c3ccccc3)c2)c(C)c1. The number of ether oxygens (including phenoxy) is 1. The quantitative estimate of drug-likeness (QED) is 0.684. The topological polar surface area (TPSA) is 47.4 Å². The lowest BCUT2D eigenvalue weighted by molar-refractivity contribution is -0.132. The molecule has 1 heterocycles. The second-order valence-electron chi connectivity index (χ2n) is 6.44. The van der Waals surface area contributed by atoms with Gasteiger partial charge in [-0.15, -0.1) is 0 Å². The molecule has 0 atom stereocenters. The number of benzene rings is 2. The third-order valence-electron chi connectivity index (χ3n) is 4.18. The molecule has 2 aromatic carbocycles. The Kier molecular flexibility index (Phi) is 5.37. The Morgan fingerprint density at radius 1 is 1.15 bits per heavy atom. The highest BCUT2D eigenvalue weighted by atomic mass is 16.5. The van der Waals surface area contributed by atoms with Gasteiger partial charge in [0.05, 0.1) is 11.9 Å². The predicted molar refractivity (Wildman–Crippen MR) is 101 cm³/mol. The Balaban J connectivity index is 1.57. The van der Waals surface area contributed by atoms with Gasteiger partial charge in [0.15, 0.2) is 6.61 Å². The molecule has 0 N–H and O–H groups in total. The van der Waals surface area contributed by atoms with Crippen LogP contribution < -0.4 is 4.74 Å². The first-order valence-electron chi connectivity index (χ1n) is 8.56. The van der Waals surface area contributed by atoms with Gasteiger partial charge in [0.2, 0.25) is 0 Å². The van der Waals surface area contributed by atoms with E-state index in [9.17, 15) is 4.79 Å². The van der Waals surface area contributed by atoms with Crippen molar-refractivity contribution in [1.82, 2.24) is 14.7 Å². The number of hydrogen-bond donors (Lipinski definition) is 0. The summed E-state index contributed by atoms with van der Waals surface area (Å²) in [6, 6.07) is 15.8. The average Bonchev–Trinajstić information content (AvgIpc) is 3.10. The summed E-state index contributed by atoms with van der Waals surface area (Å²) in [6.07, 6.45) is 3.71. The molecule has 0 saturated carbocycles. The molecule has 1 aromatic heterocycles. The van der Waals surface area contributed by atoms with Gasteiger partial charge in [-0.3, -0.25) is 4.79 Å². The van der Waals surface area contributed by atoms with Crippen LogP contribution in [-0.2, 0) is 11.3 Å². The Morgan fingerprint density at radius 2 is 1.92 bits per heavy atom. The second kappa shape index (κ2) is 7.87. The molecule has 5 heteroatoms. The number of carbonyl (C=O) groups is 1. The smallest absolute Gasteiger partial charge is 0.260 e. The maximum Gasteiger partial charge on any atom is 0.260 e. The second-order valence-corrected chi connectivity index (χ2v) is 6.44. The number of nitrogens with zero attached hydrogens (tertiary/aromatic N) is 3. The Hall–Kier alpha value is -3.08. The average molecular weight is 349 g/mol. The molecule has 3 aromatic rings. The number of amides is 1. The van der Waals surface area contributed by atoms with E-state index in [-0.39, 0.29) is 12.5 Å². The van der Waals surface area contributed by atoms with Crippen molar-refractivity contribution < 1.29 is 9.53 Å². The van der Waals surface area contributed by atoms with Crippen LogP contribution in [-0.4, -0.2) is 34.2 Å². The molecule has 0 unspecified atom stereocenters. The van der Waals surface area contributed by atoms with Crippen molar-refractivity contribution in [1.29, 1.82) is 0 Å². The van der Waals surface area contributed by atoms with Crippen LogP contribution in [0, 0.1) is 13.8 Å². The van der Waals surface area contributed by atoms with E-state index in [1.165, 1.54) is 5.56 Å². The van der Waals surface area contributed by atoms with Gasteiger partial charge < -0.3 is 9.64 Å². The molecule has 0 aliphatic carbocycles. The van der Waals surface area contributed by atoms with Crippen molar-refractivity contribution in [2.45, 2.75) is 20.4 Å². The molecule has 0 saturated heterocycles. The minimum absolute atomic E-state index is 0.0211. The third kappa shape index (κ3) is 4.30. The minimum Gasteiger partial charge on any atom is -0.484 e. The number of para-hydroxylation sites is 1. The molecule has 134 valence electrons. The Morgan fingerprint density at radius 3 is 2.65 bits per heavy atom. The lowest BCUT2D eigenvalue weighted by Crippen LogP contribution is -2.30. The molecule has 0 radical (unpaired) electrons. The molecule has 5 nitrogen and oxygen atoms in total. The Labute approximate surface area is 153 Å². The molecular weight excluding hydrogens is 326 g/mol. The van der Waals surface area contributed by atoms with Crippen LogP contribution in [0.1, 0.15) is 16.7 Å². The van der Waals surface area contributed by atoms with Crippen molar-refractivity contribution in [2.75, 3.05) is 13.7 Å². The molecule has 3 rings (SSSR count). The maximum atomic E-state index is 12.3. The lowest BCUT2D eigenvalue weighted by Gasteiger charge is -2.17. The fourth-order valence-electron chi connectivity index (χ4n) is 2.74. The van der Waals surface area contributed by atoms with Crippen LogP contribution in [0.3, 0.4) is 0 Å². The zero-order valence-corrected chi connectivity index (χ0v) is 15.3. The summed E-state index contributed by atoms with van der Waals surface area (Å²) in [5.74, 6) is 0.673. The van der Waals surface area contributed by atoms with Gasteiger partial charge in [-0.2, -0.15) is 5.10 Å². The van der Waals surface area contributed by atoms with Crippen LogP contribution in [0.5, 0.6) is 5.75 Å². The zero-order chi connectivity index (χ0) is 18.5. The Bertz CT molecular complexity index is 887. The number of hydrogen-bond acceptors (Lipinski definition) is 3. The van der Waals surface area contributed by atoms with E-state index < -0.39 is 0 Å². The van der Waals surface area contributed by atoms with Crippen LogP contribution in [0.25, 0.3) is 5.69 Å². The minimum atomic E-state index is -0.0718. The molecule has 0 spiro atoms. The van der Waals surface area contributed by atoms with Crippen molar-refractivity contribution in [3.63, 3.8) is 0 Å². The first-order chi connectivity index (χ1) is 12.5. The number of likely N-dealkylation sites (N-methyl/N-ethyl adjacent to an activating group) is 1. The standard InChI is InChI=1S/C21H23N3O2/c1-16-9-10-20(17(2)11-16)26-15-21(25)23(3)13-18-12-22-24(14-18)19-7-5-4-6-8-19/h4-12,14H,13,15H2,1-3H3. The van der Waals surface area contributed by atoms with E-state index in [0.717, 1.165) is 22.6 Å². The van der Waals surface area contributed by atoms with Crippen LogP contribution >= 0.6 is 0 Å². The third-order valence-corrected chi connectivity index (χ3v) is 4.18. The fourth-order valence-corrected chi connectivity index (χ4v) is 2.74. The zero-order valence-electron chi connectivity index (χ0n) is 15.3. The molecule has 0 aliphatic heterocycles. The fraction of sp³-hybridized carbons (Fsp3) is 0.238. The van der Waals surface area contributed by atoms with Gasteiger partial charge in [-0.1, -0.05) is 35.9 Å². The maximum absolute atomic E-state index is 12.3. The summed E-state index contributed by atoms with van der Waals surface area (Å²) < 4.78 is 7.48. The molecule has 1 amide bonds. The predicted octanol–water partition coefficient (Wildman–Crippen LogP) is 3.53. The van der Waals surface area contributed by atoms with Gasteiger partial charge in [-0.05, 0) is 37.6 Å². The van der Waals surface area contributed by atoms with Gasteiger partial charge >= 0.3 is 0 Å². The summed E-state index contributed by atoms with van der Waals surface area (Å²) in [7, 11) is 1.77. The van der Waals surface area contributed by atoms with E-state index in [4.69, 9.17) is 4.74 Å². The molecular formula is C21H23N3O2. The van der Waals surface area contributed by atoms with E-state index in [1.807, 2.05) is 68.6 Å². The van der Waals surface area contributed by atoms with Gasteiger partial charge in [0.1, 0.15) is 5.75 Å². The number of aromatic nitrogens is 2. The summed E-state index contributed by atoms with van der Waals surface area (Å²) in [5.41, 5.74) is 4.17. The van der Waals surface area contributed by atoms with Crippen LogP contribution in [0.15, 0.2) is 60.9 Å². The monoisotopic (exact) mass is 349 g/mol. The van der Waals surface area contributed by atoms with Crippen molar-refractivity contribution >= 4 is 5.91 Å². The van der Waals surface area contributed by atoms with Crippen LogP contribution in [0.4, 0.5) is 0 Å². The highest BCUT2D eigenvalue weighted by Gasteiger charge is 2.12. The molecule has 26 heavy (non-hydrogen) atoms. The summed E-state index contributed by atoms with van der Waals surface area (Å²) in [4.78, 5) is 14.0. The van der Waals surface area contributed by atoms with Crippen LogP contribution in [0.2, 0.25) is 0 Å². The number of carbonyl (C=O) groups excluding carboxylic acids is 1. The van der Waals surface area contributed by atoms with E-state index in [0.29, 0.717) is 6.54 Å². The largest absolute Gasteiger partial charge is 0.484 e. The molecule has 0 bridgehead atoms. The van der Waals surface area contributed by atoms with Gasteiger partial charge in [-0.25, -0.2) is 4.68 Å². The first-order valence-corrected chi connectivity index (χ1v) is 8.56. The highest BCUT2D eigenvalue weighted by molar-refractivity contribution is 5.77. The van der Waals surface area contributed by atoms with E-state index >= 15 is 0 Å². The van der Waals surface area contributed by atoms with Crippen molar-refractivity contribution in [3.05, 3.63) is 77.6 Å². The number of aryl methyl sites for hydroxylation is 2. The molecule has 0 aliphatic rings. The summed E-state index contributed by atoms with van der Waals surface area (Å²) >= 11 is 0. The molecule has 0 fully saturated rings. The normalized spacial score (nSPS) is 10.6. The first kappa shape index (κ1) is 17.7. The van der Waals surface area contributed by atoms with Gasteiger partial charge in [0, 0.05) is 25.4 Å². The summed E-state index contributed by atoms with van der Waals surface area (Å²) in [6.45, 7) is 4.52. The van der Waals surface area contributed by atoms with E-state index in [2.05, 4.69) is 5.10 Å². The van der Waals surface area contributed by atoms with Gasteiger partial charge in [0.25, 0.3) is 5.91 Å².